The van der Waals surface area contributed by atoms with Crippen LogP contribution in [0, 0.1) is 0 Å². The van der Waals surface area contributed by atoms with Crippen LogP contribution in [0.3, 0.4) is 0 Å². The first-order chi connectivity index (χ1) is 7.76. The highest BCUT2D eigenvalue weighted by atomic mass is 32.3. The van der Waals surface area contributed by atoms with E-state index in [9.17, 15) is 23.7 Å². The van der Waals surface area contributed by atoms with Gasteiger partial charge in [-0.2, -0.15) is 8.42 Å². The Bertz CT molecular complexity index is 341. The van der Waals surface area contributed by atoms with Crippen LogP contribution in [0.15, 0.2) is 0 Å². The molecule has 0 aromatic rings. The summed E-state index contributed by atoms with van der Waals surface area (Å²) in [5.74, 6) is 0. The number of aliphatic hydroxyl groups is 3. The first kappa shape index (κ1) is 14.7. The average molecular weight is 276 g/mol. The van der Waals surface area contributed by atoms with Gasteiger partial charge in [-0.3, -0.25) is 4.55 Å². The summed E-state index contributed by atoms with van der Waals surface area (Å²) in [5, 5.41) is 28.1. The van der Waals surface area contributed by atoms with Gasteiger partial charge in [0.05, 0.1) is 7.11 Å². The first-order valence-corrected chi connectivity index (χ1v) is 5.67. The molecule has 0 spiro atoms. The van der Waals surface area contributed by atoms with Gasteiger partial charge in [-0.25, -0.2) is 14.0 Å². The fourth-order valence-corrected chi connectivity index (χ4v) is 1.73. The molecule has 11 heteroatoms. The Labute approximate surface area is 96.2 Å². The van der Waals surface area contributed by atoms with E-state index in [0.717, 1.165) is 7.11 Å². The molecule has 0 radical (unpaired) electrons. The molecule has 0 aliphatic carbocycles. The molecule has 0 aromatic heterocycles. The molecule has 1 rings (SSSR count). The van der Waals surface area contributed by atoms with Crippen molar-refractivity contribution in [3.05, 3.63) is 0 Å². The quantitative estimate of drug-likeness (QED) is 0.240. The van der Waals surface area contributed by atoms with Crippen LogP contribution in [0.4, 0.5) is 0 Å². The molecule has 1 heterocycles. The van der Waals surface area contributed by atoms with E-state index in [1.165, 1.54) is 0 Å². The summed E-state index contributed by atoms with van der Waals surface area (Å²) in [5.41, 5.74) is 0. The Balaban J connectivity index is 2.76. The molecule has 3 unspecified atom stereocenters. The van der Waals surface area contributed by atoms with Crippen molar-refractivity contribution in [1.82, 2.24) is 0 Å². The van der Waals surface area contributed by atoms with Crippen molar-refractivity contribution in [1.29, 1.82) is 0 Å². The summed E-state index contributed by atoms with van der Waals surface area (Å²) in [6.45, 7) is 0. The predicted molar refractivity (Wildman–Crippen MR) is 47.4 cm³/mol. The Hall–Kier alpha value is -0.370. The highest BCUT2D eigenvalue weighted by Crippen LogP contribution is 2.23. The zero-order valence-corrected chi connectivity index (χ0v) is 9.35. The number of rotatable bonds is 4. The van der Waals surface area contributed by atoms with Crippen molar-refractivity contribution in [2.45, 2.75) is 30.9 Å². The molecule has 10 nitrogen and oxygen atoms in total. The zero-order chi connectivity index (χ0) is 13.2. The summed E-state index contributed by atoms with van der Waals surface area (Å²) in [6.07, 6.45) is -9.00. The second-order valence-corrected chi connectivity index (χ2v) is 4.18. The molecule has 17 heavy (non-hydrogen) atoms. The monoisotopic (exact) mass is 276 g/mol. The Kier molecular flexibility index (Phi) is 4.77. The predicted octanol–water partition coefficient (Wildman–Crippen LogP) is -2.85. The minimum Gasteiger partial charge on any atom is -0.387 e. The molecule has 1 saturated heterocycles. The van der Waals surface area contributed by atoms with Crippen LogP contribution < -0.4 is 0 Å². The standard InChI is InChI=1S/C6H12O10S/c1-13-15-6-3(8)2(7)4(5(9)14-6)16-17(10,11)12/h2-9H,1H3,(H,10,11,12)/t2?,3-,4?,5+,6?/m0/s1. The van der Waals surface area contributed by atoms with E-state index >= 15 is 0 Å². The van der Waals surface area contributed by atoms with Crippen LogP contribution in [-0.2, 0) is 29.1 Å². The number of hydrogen-bond acceptors (Lipinski definition) is 9. The second-order valence-electron chi connectivity index (χ2n) is 3.13. The number of ether oxygens (including phenoxy) is 1. The van der Waals surface area contributed by atoms with E-state index in [4.69, 9.17) is 4.55 Å². The maximum Gasteiger partial charge on any atom is 0.397 e. The topological polar surface area (TPSA) is 152 Å². The van der Waals surface area contributed by atoms with Crippen molar-refractivity contribution in [2.24, 2.45) is 0 Å². The molecule has 0 bridgehead atoms. The Morgan fingerprint density at radius 2 is 1.76 bits per heavy atom. The average Bonchev–Trinajstić information content (AvgIpc) is 2.20. The molecule has 102 valence electrons. The number of aliphatic hydroxyl groups excluding tert-OH is 3. The molecule has 0 aromatic carbocycles. The van der Waals surface area contributed by atoms with Gasteiger partial charge in [-0.15, -0.1) is 0 Å². The fourth-order valence-electron chi connectivity index (χ4n) is 1.24. The Morgan fingerprint density at radius 3 is 2.24 bits per heavy atom. The van der Waals surface area contributed by atoms with Crippen LogP contribution in [0.2, 0.25) is 0 Å². The third kappa shape index (κ3) is 3.80. The molecule has 1 fully saturated rings. The lowest BCUT2D eigenvalue weighted by Gasteiger charge is -2.37. The molecular formula is C6H12O10S. The van der Waals surface area contributed by atoms with Crippen molar-refractivity contribution >= 4 is 10.4 Å². The van der Waals surface area contributed by atoms with Gasteiger partial charge in [0.1, 0.15) is 12.2 Å². The molecular weight excluding hydrogens is 264 g/mol. The molecule has 0 amide bonds. The molecule has 4 N–H and O–H groups in total. The smallest absolute Gasteiger partial charge is 0.387 e. The normalized spacial score (nSPS) is 39.2. The van der Waals surface area contributed by atoms with Crippen molar-refractivity contribution in [3.8, 4) is 0 Å². The van der Waals surface area contributed by atoms with E-state index in [1.807, 2.05) is 0 Å². The highest BCUT2D eigenvalue weighted by molar-refractivity contribution is 7.80. The van der Waals surface area contributed by atoms with Crippen LogP contribution in [0.5, 0.6) is 0 Å². The van der Waals surface area contributed by atoms with E-state index in [2.05, 4.69) is 18.7 Å². The van der Waals surface area contributed by atoms with Crippen LogP contribution >= 0.6 is 0 Å². The van der Waals surface area contributed by atoms with E-state index in [-0.39, 0.29) is 0 Å². The molecule has 0 saturated carbocycles. The van der Waals surface area contributed by atoms with E-state index < -0.39 is 41.3 Å². The maximum atomic E-state index is 10.4. The maximum absolute atomic E-state index is 10.4. The fraction of sp³-hybridized carbons (Fsp3) is 1.00. The third-order valence-electron chi connectivity index (χ3n) is 1.94. The number of hydrogen-bond donors (Lipinski definition) is 4. The largest absolute Gasteiger partial charge is 0.397 e. The van der Waals surface area contributed by atoms with E-state index in [0.29, 0.717) is 0 Å². The highest BCUT2D eigenvalue weighted by Gasteiger charge is 2.47. The van der Waals surface area contributed by atoms with Crippen molar-refractivity contribution in [2.75, 3.05) is 7.11 Å². The zero-order valence-electron chi connectivity index (χ0n) is 8.53. The van der Waals surface area contributed by atoms with Gasteiger partial charge in [0, 0.05) is 0 Å². The second kappa shape index (κ2) is 5.51. The summed E-state index contributed by atoms with van der Waals surface area (Å²) in [7, 11) is -3.83. The van der Waals surface area contributed by atoms with Crippen LogP contribution in [0.1, 0.15) is 0 Å². The summed E-state index contributed by atoms with van der Waals surface area (Å²) in [6, 6.07) is 0. The minimum absolute atomic E-state index is 1.09. The summed E-state index contributed by atoms with van der Waals surface area (Å²) < 4.78 is 37.8. The molecule has 5 atom stereocenters. The van der Waals surface area contributed by atoms with Gasteiger partial charge in [0.25, 0.3) is 0 Å². The van der Waals surface area contributed by atoms with E-state index in [1.54, 1.807) is 0 Å². The molecule has 1 aliphatic rings. The summed E-state index contributed by atoms with van der Waals surface area (Å²) >= 11 is 0. The first-order valence-electron chi connectivity index (χ1n) is 4.31. The summed E-state index contributed by atoms with van der Waals surface area (Å²) in [4.78, 5) is 8.52. The van der Waals surface area contributed by atoms with Crippen molar-refractivity contribution < 1.29 is 47.0 Å². The van der Waals surface area contributed by atoms with Gasteiger partial charge >= 0.3 is 10.4 Å². The van der Waals surface area contributed by atoms with Gasteiger partial charge < -0.3 is 20.1 Å². The lowest BCUT2D eigenvalue weighted by atomic mass is 10.0. The van der Waals surface area contributed by atoms with Crippen molar-refractivity contribution in [3.63, 3.8) is 0 Å². The van der Waals surface area contributed by atoms with Gasteiger partial charge in [0.2, 0.25) is 6.29 Å². The lowest BCUT2D eigenvalue weighted by molar-refractivity contribution is -0.431. The van der Waals surface area contributed by atoms with Gasteiger partial charge in [0.15, 0.2) is 12.4 Å². The van der Waals surface area contributed by atoms with Crippen LogP contribution in [0.25, 0.3) is 0 Å². The minimum atomic E-state index is -4.93. The lowest BCUT2D eigenvalue weighted by Crippen LogP contribution is -2.59. The van der Waals surface area contributed by atoms with Gasteiger partial charge in [-0.05, 0) is 0 Å². The third-order valence-corrected chi connectivity index (χ3v) is 2.41. The SMILES string of the molecule is COOC1O[C@@H](O)C(OS(=O)(=O)O)C(O)[C@@H]1O. The van der Waals surface area contributed by atoms with Gasteiger partial charge in [-0.1, -0.05) is 0 Å². The molecule has 1 aliphatic heterocycles. The Morgan fingerprint density at radius 1 is 1.18 bits per heavy atom. The van der Waals surface area contributed by atoms with Crippen LogP contribution in [-0.4, -0.2) is 66.3 Å².